The molecule has 1 aromatic carbocycles. The van der Waals surface area contributed by atoms with Crippen LogP contribution in [-0.2, 0) is 11.2 Å². The molecule has 0 aliphatic carbocycles. The summed E-state index contributed by atoms with van der Waals surface area (Å²) in [5.41, 5.74) is 1.79. The molecule has 2 rings (SSSR count). The lowest BCUT2D eigenvalue weighted by Gasteiger charge is -2.13. The van der Waals surface area contributed by atoms with Gasteiger partial charge in [0.1, 0.15) is 5.01 Å². The Morgan fingerprint density at radius 2 is 2.14 bits per heavy atom. The smallest absolute Gasteiger partial charge is 0.226 e. The highest BCUT2D eigenvalue weighted by atomic mass is 35.5. The summed E-state index contributed by atoms with van der Waals surface area (Å²) in [5.74, 6) is 0.0339. The van der Waals surface area contributed by atoms with Gasteiger partial charge in [0, 0.05) is 22.0 Å². The van der Waals surface area contributed by atoms with Crippen molar-refractivity contribution in [3.8, 4) is 10.6 Å². The minimum absolute atomic E-state index is 0.0339. The Hall–Kier alpha value is -1.39. The summed E-state index contributed by atoms with van der Waals surface area (Å²) in [6.07, 6.45) is 2.23. The van der Waals surface area contributed by atoms with Crippen molar-refractivity contribution in [3.05, 3.63) is 40.4 Å². The van der Waals surface area contributed by atoms with Gasteiger partial charge in [-0.2, -0.15) is 0 Å². The van der Waals surface area contributed by atoms with Crippen LogP contribution in [0, 0.1) is 0 Å². The van der Waals surface area contributed by atoms with E-state index in [1.165, 1.54) is 11.3 Å². The van der Waals surface area contributed by atoms with E-state index in [1.54, 1.807) is 0 Å². The van der Waals surface area contributed by atoms with Gasteiger partial charge in [-0.05, 0) is 25.0 Å². The normalized spacial score (nSPS) is 10.9. The highest BCUT2D eigenvalue weighted by Crippen LogP contribution is 2.26. The summed E-state index contributed by atoms with van der Waals surface area (Å²) in [7, 11) is 0. The van der Waals surface area contributed by atoms with E-state index >= 15 is 0 Å². The van der Waals surface area contributed by atoms with Crippen molar-refractivity contribution in [3.63, 3.8) is 0 Å². The van der Waals surface area contributed by atoms with Crippen LogP contribution >= 0.6 is 22.9 Å². The van der Waals surface area contributed by atoms with Gasteiger partial charge < -0.3 is 5.32 Å². The van der Waals surface area contributed by atoms with Crippen molar-refractivity contribution in [2.75, 3.05) is 0 Å². The first-order valence-corrected chi connectivity index (χ1v) is 8.37. The van der Waals surface area contributed by atoms with Gasteiger partial charge in [-0.3, -0.25) is 4.79 Å². The van der Waals surface area contributed by atoms with Gasteiger partial charge in [-0.1, -0.05) is 37.6 Å². The van der Waals surface area contributed by atoms with Crippen LogP contribution in [0.2, 0.25) is 5.02 Å². The van der Waals surface area contributed by atoms with E-state index in [0.717, 1.165) is 29.1 Å². The van der Waals surface area contributed by atoms with E-state index in [4.69, 9.17) is 11.6 Å². The Kier molecular flexibility index (Phi) is 5.76. The highest BCUT2D eigenvalue weighted by molar-refractivity contribution is 7.13. The number of thiazole rings is 1. The molecule has 0 aliphatic rings. The number of hydrogen-bond donors (Lipinski definition) is 1. The fourth-order valence-electron chi connectivity index (χ4n) is 2.08. The van der Waals surface area contributed by atoms with Gasteiger partial charge in [0.25, 0.3) is 0 Å². The molecule has 0 saturated carbocycles. The third kappa shape index (κ3) is 4.55. The lowest BCUT2D eigenvalue weighted by molar-refractivity contribution is -0.121. The standard InChI is InChI=1S/C16H19ClN2OS/c1-3-13(4-2)18-15(20)9-14-10-21-16(19-14)11-6-5-7-12(17)8-11/h5-8,10,13H,3-4,9H2,1-2H3,(H,18,20). The Morgan fingerprint density at radius 3 is 2.81 bits per heavy atom. The third-order valence-electron chi connectivity index (χ3n) is 3.32. The van der Waals surface area contributed by atoms with Crippen LogP contribution in [-0.4, -0.2) is 16.9 Å². The number of nitrogens with zero attached hydrogens (tertiary/aromatic N) is 1. The van der Waals surface area contributed by atoms with E-state index in [0.29, 0.717) is 11.4 Å². The number of rotatable bonds is 6. The molecule has 3 nitrogen and oxygen atoms in total. The second kappa shape index (κ2) is 7.57. The molecule has 1 N–H and O–H groups in total. The van der Waals surface area contributed by atoms with E-state index < -0.39 is 0 Å². The van der Waals surface area contributed by atoms with Crippen molar-refractivity contribution in [2.45, 2.75) is 39.2 Å². The fraction of sp³-hybridized carbons (Fsp3) is 0.375. The molecular weight excluding hydrogens is 304 g/mol. The maximum absolute atomic E-state index is 12.0. The zero-order valence-electron chi connectivity index (χ0n) is 12.2. The summed E-state index contributed by atoms with van der Waals surface area (Å²) in [6, 6.07) is 7.84. The maximum Gasteiger partial charge on any atom is 0.226 e. The third-order valence-corrected chi connectivity index (χ3v) is 4.49. The molecule has 0 aliphatic heterocycles. The van der Waals surface area contributed by atoms with Gasteiger partial charge in [0.2, 0.25) is 5.91 Å². The Morgan fingerprint density at radius 1 is 1.38 bits per heavy atom. The predicted octanol–water partition coefficient (Wildman–Crippen LogP) is 4.31. The minimum Gasteiger partial charge on any atom is -0.353 e. The first-order chi connectivity index (χ1) is 10.1. The topological polar surface area (TPSA) is 42.0 Å². The molecule has 0 unspecified atom stereocenters. The van der Waals surface area contributed by atoms with E-state index in [-0.39, 0.29) is 11.9 Å². The van der Waals surface area contributed by atoms with Gasteiger partial charge >= 0.3 is 0 Å². The summed E-state index contributed by atoms with van der Waals surface area (Å²) in [6.45, 7) is 4.16. The number of amides is 1. The maximum atomic E-state index is 12.0. The number of nitrogens with one attached hydrogen (secondary N) is 1. The Bertz CT molecular complexity index is 608. The average molecular weight is 323 g/mol. The van der Waals surface area contributed by atoms with Crippen LogP contribution in [0.15, 0.2) is 29.6 Å². The van der Waals surface area contributed by atoms with Crippen molar-refractivity contribution >= 4 is 28.8 Å². The first-order valence-electron chi connectivity index (χ1n) is 7.12. The monoisotopic (exact) mass is 322 g/mol. The molecule has 0 bridgehead atoms. The zero-order valence-corrected chi connectivity index (χ0v) is 13.8. The molecule has 21 heavy (non-hydrogen) atoms. The molecule has 0 atom stereocenters. The number of benzene rings is 1. The molecule has 0 fully saturated rings. The summed E-state index contributed by atoms with van der Waals surface area (Å²) < 4.78 is 0. The van der Waals surface area contributed by atoms with E-state index in [1.807, 2.05) is 29.6 Å². The number of hydrogen-bond acceptors (Lipinski definition) is 3. The molecule has 1 aromatic heterocycles. The molecule has 0 spiro atoms. The molecular formula is C16H19ClN2OS. The van der Waals surface area contributed by atoms with Crippen molar-refractivity contribution in [1.82, 2.24) is 10.3 Å². The molecule has 1 amide bonds. The van der Waals surface area contributed by atoms with Gasteiger partial charge in [-0.15, -0.1) is 11.3 Å². The average Bonchev–Trinajstić information content (AvgIpc) is 2.93. The second-order valence-electron chi connectivity index (χ2n) is 4.91. The van der Waals surface area contributed by atoms with E-state index in [9.17, 15) is 4.79 Å². The Balaban J connectivity index is 2.02. The molecule has 112 valence electrons. The van der Waals surface area contributed by atoms with Crippen LogP contribution in [0.3, 0.4) is 0 Å². The van der Waals surface area contributed by atoms with Crippen LogP contribution in [0.1, 0.15) is 32.4 Å². The quantitative estimate of drug-likeness (QED) is 0.861. The number of carbonyl (C=O) groups excluding carboxylic acids is 1. The number of aromatic nitrogens is 1. The highest BCUT2D eigenvalue weighted by Gasteiger charge is 2.12. The molecule has 0 saturated heterocycles. The van der Waals surface area contributed by atoms with Crippen LogP contribution in [0.5, 0.6) is 0 Å². The zero-order chi connectivity index (χ0) is 15.2. The Labute approximate surface area is 134 Å². The number of halogens is 1. The van der Waals surface area contributed by atoms with E-state index in [2.05, 4.69) is 24.1 Å². The molecule has 0 radical (unpaired) electrons. The first kappa shape index (κ1) is 16.0. The number of carbonyl (C=O) groups is 1. The van der Waals surface area contributed by atoms with Crippen LogP contribution < -0.4 is 5.32 Å². The van der Waals surface area contributed by atoms with Gasteiger partial charge in [-0.25, -0.2) is 4.98 Å². The predicted molar refractivity (Wildman–Crippen MR) is 88.8 cm³/mol. The fourth-order valence-corrected chi connectivity index (χ4v) is 3.09. The van der Waals surface area contributed by atoms with Crippen molar-refractivity contribution in [1.29, 1.82) is 0 Å². The minimum atomic E-state index is 0.0339. The lowest BCUT2D eigenvalue weighted by atomic mass is 10.1. The van der Waals surface area contributed by atoms with Crippen molar-refractivity contribution in [2.24, 2.45) is 0 Å². The molecule has 5 heteroatoms. The van der Waals surface area contributed by atoms with Crippen LogP contribution in [0.25, 0.3) is 10.6 Å². The van der Waals surface area contributed by atoms with Gasteiger partial charge in [0.05, 0.1) is 12.1 Å². The summed E-state index contributed by atoms with van der Waals surface area (Å²) in [4.78, 5) is 16.5. The van der Waals surface area contributed by atoms with Crippen LogP contribution in [0.4, 0.5) is 0 Å². The SMILES string of the molecule is CCC(CC)NC(=O)Cc1csc(-c2cccc(Cl)c2)n1. The largest absolute Gasteiger partial charge is 0.353 e. The molecule has 2 aromatic rings. The summed E-state index contributed by atoms with van der Waals surface area (Å²) >= 11 is 7.52. The second-order valence-corrected chi connectivity index (χ2v) is 6.21. The van der Waals surface area contributed by atoms with Crippen molar-refractivity contribution < 1.29 is 4.79 Å². The van der Waals surface area contributed by atoms with Gasteiger partial charge in [0.15, 0.2) is 0 Å². The summed E-state index contributed by atoms with van der Waals surface area (Å²) in [5, 5.41) is 6.54. The molecule has 1 heterocycles. The lowest BCUT2D eigenvalue weighted by Crippen LogP contribution is -2.34.